The van der Waals surface area contributed by atoms with Gasteiger partial charge in [-0.1, -0.05) is 0 Å². The van der Waals surface area contributed by atoms with E-state index in [1.54, 1.807) is 25.7 Å². The highest BCUT2D eigenvalue weighted by atomic mass is 32.2. The molecule has 132 valence electrons. The third-order valence-electron chi connectivity index (χ3n) is 4.25. The normalized spacial score (nSPS) is 24.6. The number of primary sulfonamides is 1. The van der Waals surface area contributed by atoms with E-state index in [9.17, 15) is 18.0 Å². The average Bonchev–Trinajstić information content (AvgIpc) is 2.61. The highest BCUT2D eigenvalue weighted by Gasteiger charge is 2.52. The fourth-order valence-corrected chi connectivity index (χ4v) is 3.95. The summed E-state index contributed by atoms with van der Waals surface area (Å²) in [6.07, 6.45) is -0.0162. The molecule has 23 heavy (non-hydrogen) atoms. The zero-order valence-corrected chi connectivity index (χ0v) is 14.5. The van der Waals surface area contributed by atoms with Crippen LogP contribution in [-0.2, 0) is 24.3 Å². The van der Waals surface area contributed by atoms with Gasteiger partial charge in [-0.05, 0) is 33.6 Å². The van der Waals surface area contributed by atoms with Crippen LogP contribution in [-0.4, -0.2) is 55.9 Å². The quantitative estimate of drug-likeness (QED) is 0.731. The SMILES string of the molecule is CC(C)(C)OC(=O)N1CCC2(CC1)CC(=O)OC2CS(N)(=O)=O. The molecule has 1 amide bonds. The van der Waals surface area contributed by atoms with Crippen molar-refractivity contribution in [2.75, 3.05) is 18.8 Å². The largest absolute Gasteiger partial charge is 0.461 e. The molecule has 1 unspecified atom stereocenters. The lowest BCUT2D eigenvalue weighted by Gasteiger charge is -2.40. The minimum absolute atomic E-state index is 0.162. The standard InChI is InChI=1S/C14H24N2O6S/c1-13(2,3)22-12(18)16-6-4-14(5-7-16)8-11(17)21-10(14)9-23(15,19)20/h10H,4-9H2,1-3H3,(H2,15,19,20). The molecule has 8 nitrogen and oxygen atoms in total. The molecule has 2 aliphatic rings. The molecule has 2 fully saturated rings. The molecule has 0 aromatic carbocycles. The van der Waals surface area contributed by atoms with Gasteiger partial charge in [0.1, 0.15) is 17.5 Å². The van der Waals surface area contributed by atoms with Crippen molar-refractivity contribution >= 4 is 22.1 Å². The molecule has 2 rings (SSSR count). The monoisotopic (exact) mass is 348 g/mol. The van der Waals surface area contributed by atoms with Crippen LogP contribution in [0, 0.1) is 5.41 Å². The molecule has 0 bridgehead atoms. The summed E-state index contributed by atoms with van der Waals surface area (Å²) in [6, 6.07) is 0. The molecule has 2 heterocycles. The second-order valence-electron chi connectivity index (χ2n) is 7.31. The van der Waals surface area contributed by atoms with Crippen LogP contribution < -0.4 is 5.14 Å². The summed E-state index contributed by atoms with van der Waals surface area (Å²) in [7, 11) is -3.74. The number of ether oxygens (including phenoxy) is 2. The van der Waals surface area contributed by atoms with Gasteiger partial charge in [0.15, 0.2) is 0 Å². The smallest absolute Gasteiger partial charge is 0.410 e. The van der Waals surface area contributed by atoms with Crippen LogP contribution in [0.15, 0.2) is 0 Å². The van der Waals surface area contributed by atoms with Crippen molar-refractivity contribution in [1.82, 2.24) is 4.90 Å². The Labute approximate surface area is 136 Å². The second kappa shape index (κ2) is 5.94. The van der Waals surface area contributed by atoms with E-state index in [0.29, 0.717) is 25.9 Å². The predicted octanol–water partition coefficient (Wildman–Crippen LogP) is 0.608. The van der Waals surface area contributed by atoms with Gasteiger partial charge >= 0.3 is 12.1 Å². The van der Waals surface area contributed by atoms with E-state index < -0.39 is 39.2 Å². The van der Waals surface area contributed by atoms with E-state index in [1.807, 2.05) is 0 Å². The first-order valence-corrected chi connectivity index (χ1v) is 9.30. The summed E-state index contributed by atoms with van der Waals surface area (Å²) in [5.74, 6) is -0.796. The number of sulfonamides is 1. The van der Waals surface area contributed by atoms with Crippen molar-refractivity contribution in [3.63, 3.8) is 0 Å². The van der Waals surface area contributed by atoms with Crippen molar-refractivity contribution in [2.24, 2.45) is 10.6 Å². The number of carbonyl (C=O) groups excluding carboxylic acids is 2. The van der Waals surface area contributed by atoms with Crippen molar-refractivity contribution in [3.8, 4) is 0 Å². The van der Waals surface area contributed by atoms with E-state index in [-0.39, 0.29) is 12.2 Å². The lowest BCUT2D eigenvalue weighted by Crippen LogP contribution is -2.49. The molecule has 2 aliphatic heterocycles. The molecule has 2 N–H and O–H groups in total. The Balaban J connectivity index is 2.03. The molecule has 0 aromatic heterocycles. The van der Waals surface area contributed by atoms with Gasteiger partial charge in [-0.25, -0.2) is 18.4 Å². The second-order valence-corrected chi connectivity index (χ2v) is 8.97. The van der Waals surface area contributed by atoms with Crippen molar-refractivity contribution in [2.45, 2.75) is 51.7 Å². The number of likely N-dealkylation sites (tertiary alicyclic amines) is 1. The summed E-state index contributed by atoms with van der Waals surface area (Å²) in [6.45, 7) is 6.17. The molecule has 2 saturated heterocycles. The lowest BCUT2D eigenvalue weighted by molar-refractivity contribution is -0.141. The Kier molecular flexibility index (Phi) is 4.64. The molecule has 9 heteroatoms. The van der Waals surface area contributed by atoms with Crippen molar-refractivity contribution < 1.29 is 27.5 Å². The predicted molar refractivity (Wildman–Crippen MR) is 81.9 cm³/mol. The zero-order valence-electron chi connectivity index (χ0n) is 13.7. The molecule has 0 radical (unpaired) electrons. The number of nitrogens with two attached hydrogens (primary N) is 1. The molecule has 0 aliphatic carbocycles. The first-order chi connectivity index (χ1) is 10.4. The van der Waals surface area contributed by atoms with E-state index >= 15 is 0 Å². The molecule has 1 spiro atoms. The summed E-state index contributed by atoms with van der Waals surface area (Å²) in [5, 5.41) is 5.09. The van der Waals surface area contributed by atoms with E-state index in [2.05, 4.69) is 0 Å². The Hall–Kier alpha value is -1.35. The number of amides is 1. The van der Waals surface area contributed by atoms with Gasteiger partial charge in [-0.2, -0.15) is 0 Å². The number of piperidine rings is 1. The van der Waals surface area contributed by atoms with Gasteiger partial charge in [-0.15, -0.1) is 0 Å². The van der Waals surface area contributed by atoms with Gasteiger partial charge in [-0.3, -0.25) is 4.79 Å². The number of hydrogen-bond donors (Lipinski definition) is 1. The Morgan fingerprint density at radius 2 is 1.96 bits per heavy atom. The Morgan fingerprint density at radius 3 is 2.43 bits per heavy atom. The van der Waals surface area contributed by atoms with Crippen LogP contribution in [0.1, 0.15) is 40.0 Å². The van der Waals surface area contributed by atoms with Gasteiger partial charge < -0.3 is 14.4 Å². The number of esters is 1. The lowest BCUT2D eigenvalue weighted by atomic mass is 9.73. The van der Waals surface area contributed by atoms with Crippen LogP contribution in [0.3, 0.4) is 0 Å². The Morgan fingerprint density at radius 1 is 1.39 bits per heavy atom. The fraction of sp³-hybridized carbons (Fsp3) is 0.857. The fourth-order valence-electron chi connectivity index (χ4n) is 3.11. The summed E-state index contributed by atoms with van der Waals surface area (Å²) < 4.78 is 33.2. The third kappa shape index (κ3) is 4.57. The highest BCUT2D eigenvalue weighted by molar-refractivity contribution is 7.89. The zero-order chi connectivity index (χ0) is 17.5. The molecule has 1 atom stereocenters. The number of nitrogens with zero attached hydrogens (tertiary/aromatic N) is 1. The number of carbonyl (C=O) groups is 2. The maximum atomic E-state index is 12.1. The average molecular weight is 348 g/mol. The Bertz CT molecular complexity index is 587. The number of cyclic esters (lactones) is 1. The molecule has 0 aromatic rings. The van der Waals surface area contributed by atoms with Crippen molar-refractivity contribution in [1.29, 1.82) is 0 Å². The number of rotatable bonds is 2. The van der Waals surface area contributed by atoms with Crippen LogP contribution >= 0.6 is 0 Å². The summed E-state index contributed by atoms with van der Waals surface area (Å²) >= 11 is 0. The first kappa shape index (κ1) is 18.0. The molecule has 0 saturated carbocycles. The van der Waals surface area contributed by atoms with Crippen molar-refractivity contribution in [3.05, 3.63) is 0 Å². The van der Waals surface area contributed by atoms with E-state index in [4.69, 9.17) is 14.6 Å². The summed E-state index contributed by atoms with van der Waals surface area (Å²) in [4.78, 5) is 25.3. The van der Waals surface area contributed by atoms with E-state index in [0.717, 1.165) is 0 Å². The topological polar surface area (TPSA) is 116 Å². The minimum atomic E-state index is -3.74. The maximum absolute atomic E-state index is 12.1. The number of hydrogen-bond acceptors (Lipinski definition) is 6. The van der Waals surface area contributed by atoms with Gasteiger partial charge in [0.2, 0.25) is 10.0 Å². The third-order valence-corrected chi connectivity index (χ3v) is 5.02. The highest BCUT2D eigenvalue weighted by Crippen LogP contribution is 2.45. The van der Waals surface area contributed by atoms with Gasteiger partial charge in [0.05, 0.1) is 6.42 Å². The van der Waals surface area contributed by atoms with Gasteiger partial charge in [0, 0.05) is 18.5 Å². The molecular weight excluding hydrogens is 324 g/mol. The van der Waals surface area contributed by atoms with Gasteiger partial charge in [0.25, 0.3) is 0 Å². The first-order valence-electron chi connectivity index (χ1n) is 7.58. The van der Waals surface area contributed by atoms with Crippen LogP contribution in [0.5, 0.6) is 0 Å². The van der Waals surface area contributed by atoms with Crippen LogP contribution in [0.25, 0.3) is 0 Å². The maximum Gasteiger partial charge on any atom is 0.410 e. The minimum Gasteiger partial charge on any atom is -0.461 e. The van der Waals surface area contributed by atoms with Crippen LogP contribution in [0.4, 0.5) is 4.79 Å². The summed E-state index contributed by atoms with van der Waals surface area (Å²) in [5.41, 5.74) is -1.14. The molecular formula is C14H24N2O6S. The van der Waals surface area contributed by atoms with Crippen LogP contribution in [0.2, 0.25) is 0 Å². The van der Waals surface area contributed by atoms with E-state index in [1.165, 1.54) is 0 Å².